The molecule has 7 nitrogen and oxygen atoms in total. The predicted octanol–water partition coefficient (Wildman–Crippen LogP) is 2.86. The van der Waals surface area contributed by atoms with Crippen LogP contribution >= 0.6 is 0 Å². The summed E-state index contributed by atoms with van der Waals surface area (Å²) in [7, 11) is 0. The van der Waals surface area contributed by atoms with Gasteiger partial charge in [-0.3, -0.25) is 19.8 Å². The molecule has 4 bridgehead atoms. The van der Waals surface area contributed by atoms with Gasteiger partial charge in [-0.25, -0.2) is 4.79 Å². The average molecular weight is 467 g/mol. The van der Waals surface area contributed by atoms with E-state index in [2.05, 4.69) is 15.5 Å². The number of carbonyl (C=O) groups excluding carboxylic acids is 3. The molecular weight excluding hydrogens is 428 g/mol. The smallest absolute Gasteiger partial charge is 0.321 e. The molecule has 1 unspecified atom stereocenters. The number of rotatable bonds is 5. The van der Waals surface area contributed by atoms with Crippen molar-refractivity contribution < 1.29 is 14.4 Å². The van der Waals surface area contributed by atoms with Gasteiger partial charge >= 0.3 is 6.03 Å². The van der Waals surface area contributed by atoms with Crippen LogP contribution in [0, 0.1) is 24.7 Å². The van der Waals surface area contributed by atoms with Gasteiger partial charge in [0.1, 0.15) is 0 Å². The number of amides is 4. The van der Waals surface area contributed by atoms with Crippen LogP contribution in [0.5, 0.6) is 0 Å². The lowest BCUT2D eigenvalue weighted by Crippen LogP contribution is -2.63. The fourth-order valence-corrected chi connectivity index (χ4v) is 7.27. The summed E-state index contributed by atoms with van der Waals surface area (Å²) in [6.45, 7) is 6.34. The first kappa shape index (κ1) is 23.3. The summed E-state index contributed by atoms with van der Waals surface area (Å²) in [6, 6.07) is 7.32. The highest BCUT2D eigenvalue weighted by molar-refractivity contribution is 5.97. The Bertz CT molecular complexity index is 900. The number of imide groups is 1. The highest BCUT2D eigenvalue weighted by Crippen LogP contribution is 2.55. The zero-order valence-corrected chi connectivity index (χ0v) is 20.5. The van der Waals surface area contributed by atoms with E-state index in [1.54, 1.807) is 0 Å². The summed E-state index contributed by atoms with van der Waals surface area (Å²) in [5.41, 5.74) is 2.10. The number of carbonyl (C=O) groups is 3. The highest BCUT2D eigenvalue weighted by atomic mass is 16.2. The molecule has 1 heterocycles. The van der Waals surface area contributed by atoms with E-state index in [9.17, 15) is 14.4 Å². The summed E-state index contributed by atoms with van der Waals surface area (Å²) in [4.78, 5) is 42.2. The van der Waals surface area contributed by atoms with Gasteiger partial charge in [-0.15, -0.1) is 0 Å². The lowest BCUT2D eigenvalue weighted by Gasteiger charge is -2.56. The van der Waals surface area contributed by atoms with E-state index in [0.717, 1.165) is 42.6 Å². The van der Waals surface area contributed by atoms with E-state index >= 15 is 0 Å². The Labute approximate surface area is 202 Å². The Morgan fingerprint density at radius 3 is 2.06 bits per heavy atom. The minimum absolute atomic E-state index is 0.105. The molecule has 0 spiro atoms. The molecule has 4 amide bonds. The lowest BCUT2D eigenvalue weighted by molar-refractivity contribution is -0.133. The number of hydrogen-bond donors (Lipinski definition) is 2. The molecule has 4 aliphatic carbocycles. The summed E-state index contributed by atoms with van der Waals surface area (Å²) in [6.07, 6.45) is 7.55. The first-order valence-electron chi connectivity index (χ1n) is 13.0. The van der Waals surface area contributed by atoms with Crippen LogP contribution in [-0.2, 0) is 16.0 Å². The second-order valence-corrected chi connectivity index (χ2v) is 11.4. The topological polar surface area (TPSA) is 81.8 Å². The van der Waals surface area contributed by atoms with Gasteiger partial charge in [-0.1, -0.05) is 29.8 Å². The lowest BCUT2D eigenvalue weighted by atomic mass is 9.53. The number of urea groups is 1. The molecule has 1 atom stereocenters. The number of nitrogens with one attached hydrogen (secondary N) is 2. The molecule has 184 valence electrons. The summed E-state index contributed by atoms with van der Waals surface area (Å²) >= 11 is 0. The van der Waals surface area contributed by atoms with Gasteiger partial charge in [0.25, 0.3) is 0 Å². The van der Waals surface area contributed by atoms with Crippen LogP contribution in [0.2, 0.25) is 0 Å². The molecule has 5 aliphatic rings. The molecule has 6 rings (SSSR count). The van der Waals surface area contributed by atoms with Crippen LogP contribution in [0.15, 0.2) is 24.3 Å². The SMILES string of the molecule is Cc1ccc(CC(=O)N2CCN(C(C)C(=O)NC(=O)NC34CC5CC(CC(C5)C3)C4)CC2)cc1. The van der Waals surface area contributed by atoms with Crippen LogP contribution in [0.1, 0.15) is 56.6 Å². The molecule has 2 N–H and O–H groups in total. The second-order valence-electron chi connectivity index (χ2n) is 11.4. The Morgan fingerprint density at radius 2 is 1.50 bits per heavy atom. The zero-order chi connectivity index (χ0) is 23.9. The summed E-state index contributed by atoms with van der Waals surface area (Å²) < 4.78 is 0. The number of hydrogen-bond acceptors (Lipinski definition) is 4. The first-order chi connectivity index (χ1) is 16.3. The molecule has 5 fully saturated rings. The standard InChI is InChI=1S/C27H38N4O3/c1-18-3-5-20(6-4-18)14-24(32)31-9-7-30(8-10-31)19(2)25(33)28-26(34)29-27-15-21-11-22(16-27)13-23(12-21)17-27/h3-6,19,21-23H,7-17H2,1-2H3,(H2,28,29,33,34). The van der Waals surface area contributed by atoms with Gasteiger partial charge in [0.2, 0.25) is 11.8 Å². The van der Waals surface area contributed by atoms with Gasteiger partial charge in [-0.05, 0) is 75.7 Å². The maximum atomic E-state index is 12.8. The highest BCUT2D eigenvalue weighted by Gasteiger charge is 2.51. The van der Waals surface area contributed by atoms with Crippen molar-refractivity contribution in [1.82, 2.24) is 20.4 Å². The molecule has 1 aromatic carbocycles. The van der Waals surface area contributed by atoms with Crippen LogP contribution < -0.4 is 10.6 Å². The van der Waals surface area contributed by atoms with Gasteiger partial charge in [0.15, 0.2) is 0 Å². The maximum Gasteiger partial charge on any atom is 0.321 e. The Morgan fingerprint density at radius 1 is 0.941 bits per heavy atom. The van der Waals surface area contributed by atoms with Crippen molar-refractivity contribution in [2.45, 2.75) is 70.4 Å². The Kier molecular flexibility index (Phi) is 6.40. The quantitative estimate of drug-likeness (QED) is 0.699. The van der Waals surface area contributed by atoms with Crippen molar-refractivity contribution in [2.24, 2.45) is 17.8 Å². The minimum atomic E-state index is -0.406. The van der Waals surface area contributed by atoms with Crippen LogP contribution in [0.4, 0.5) is 4.79 Å². The molecule has 1 aromatic rings. The fourth-order valence-electron chi connectivity index (χ4n) is 7.27. The van der Waals surface area contributed by atoms with Crippen LogP contribution in [-0.4, -0.2) is 65.4 Å². The third kappa shape index (κ3) is 4.99. The van der Waals surface area contributed by atoms with Gasteiger partial charge in [0.05, 0.1) is 12.5 Å². The van der Waals surface area contributed by atoms with E-state index in [4.69, 9.17) is 0 Å². The predicted molar refractivity (Wildman–Crippen MR) is 130 cm³/mol. The molecule has 0 radical (unpaired) electrons. The normalized spacial score (nSPS) is 31.2. The summed E-state index contributed by atoms with van der Waals surface area (Å²) in [5.74, 6) is 2.08. The monoisotopic (exact) mass is 466 g/mol. The van der Waals surface area contributed by atoms with Crippen LogP contribution in [0.3, 0.4) is 0 Å². The molecule has 0 aromatic heterocycles. The second kappa shape index (κ2) is 9.33. The molecular formula is C27H38N4O3. The van der Waals surface area contributed by atoms with E-state index in [1.807, 2.05) is 43.0 Å². The number of nitrogens with zero attached hydrogens (tertiary/aromatic N) is 2. The van der Waals surface area contributed by atoms with E-state index in [1.165, 1.54) is 24.8 Å². The molecule has 1 saturated heterocycles. The van der Waals surface area contributed by atoms with E-state index in [0.29, 0.717) is 32.6 Å². The molecule has 34 heavy (non-hydrogen) atoms. The van der Waals surface area contributed by atoms with Crippen LogP contribution in [0.25, 0.3) is 0 Å². The van der Waals surface area contributed by atoms with Crippen molar-refractivity contribution in [3.8, 4) is 0 Å². The van der Waals surface area contributed by atoms with Crippen molar-refractivity contribution in [1.29, 1.82) is 0 Å². The third-order valence-electron chi connectivity index (χ3n) is 8.72. The fraction of sp³-hybridized carbons (Fsp3) is 0.667. The van der Waals surface area contributed by atoms with Gasteiger partial charge in [-0.2, -0.15) is 0 Å². The molecule has 7 heteroatoms. The minimum Gasteiger partial charge on any atom is -0.340 e. The molecule has 4 saturated carbocycles. The summed E-state index contributed by atoms with van der Waals surface area (Å²) in [5, 5.41) is 5.83. The number of piperazine rings is 1. The first-order valence-corrected chi connectivity index (χ1v) is 13.0. The molecule has 1 aliphatic heterocycles. The average Bonchev–Trinajstić information content (AvgIpc) is 2.78. The number of aryl methyl sites for hydroxylation is 1. The maximum absolute atomic E-state index is 12.8. The Hall–Kier alpha value is -2.41. The van der Waals surface area contributed by atoms with Crippen molar-refractivity contribution in [3.63, 3.8) is 0 Å². The van der Waals surface area contributed by atoms with Crippen molar-refractivity contribution in [3.05, 3.63) is 35.4 Å². The largest absolute Gasteiger partial charge is 0.340 e. The van der Waals surface area contributed by atoms with Crippen molar-refractivity contribution in [2.75, 3.05) is 26.2 Å². The van der Waals surface area contributed by atoms with Gasteiger partial charge < -0.3 is 10.2 Å². The van der Waals surface area contributed by atoms with E-state index < -0.39 is 6.04 Å². The number of benzene rings is 1. The Balaban J connectivity index is 1.08. The van der Waals surface area contributed by atoms with E-state index in [-0.39, 0.29) is 23.4 Å². The third-order valence-corrected chi connectivity index (χ3v) is 8.72. The zero-order valence-electron chi connectivity index (χ0n) is 20.5. The van der Waals surface area contributed by atoms with Crippen molar-refractivity contribution >= 4 is 17.8 Å². The van der Waals surface area contributed by atoms with Gasteiger partial charge in [0, 0.05) is 31.7 Å².